The summed E-state index contributed by atoms with van der Waals surface area (Å²) in [5.74, 6) is 0.0880. The summed E-state index contributed by atoms with van der Waals surface area (Å²) in [6.07, 6.45) is 6.43. The maximum Gasteiger partial charge on any atom is 0.254 e. The van der Waals surface area contributed by atoms with E-state index in [0.717, 1.165) is 48.4 Å². The molecule has 5 heteroatoms. The third-order valence-corrected chi connectivity index (χ3v) is 5.58. The lowest BCUT2D eigenvalue weighted by atomic mass is 9.97. The average Bonchev–Trinajstić information content (AvgIpc) is 3.13. The second kappa shape index (κ2) is 7.67. The molecule has 0 bridgehead atoms. The largest absolute Gasteiger partial charge is 0.390 e. The Balaban J connectivity index is 1.77. The normalized spacial score (nSPS) is 18.4. The minimum atomic E-state index is -0.692. The number of hydrogen-bond donors (Lipinski definition) is 1. The summed E-state index contributed by atoms with van der Waals surface area (Å²) in [6.45, 7) is 4.42. The zero-order chi connectivity index (χ0) is 17.9. The smallest absolute Gasteiger partial charge is 0.254 e. The molecular formula is C20H26N2O2S. The van der Waals surface area contributed by atoms with Crippen LogP contribution in [0.1, 0.15) is 66.5 Å². The molecule has 1 aliphatic heterocycles. The first-order valence-electron chi connectivity index (χ1n) is 8.96. The van der Waals surface area contributed by atoms with Crippen molar-refractivity contribution in [2.75, 3.05) is 6.54 Å². The minimum absolute atomic E-state index is 0.0880. The number of hydrogen-bond acceptors (Lipinski definition) is 4. The van der Waals surface area contributed by atoms with Crippen molar-refractivity contribution in [2.24, 2.45) is 0 Å². The summed E-state index contributed by atoms with van der Waals surface area (Å²) in [5, 5.41) is 12.9. The molecule has 0 unspecified atom stereocenters. The lowest BCUT2D eigenvalue weighted by Gasteiger charge is -2.34. The van der Waals surface area contributed by atoms with Gasteiger partial charge in [0.15, 0.2) is 0 Å². The number of carbonyl (C=O) groups excluding carboxylic acids is 1. The predicted octanol–water partition coefficient (Wildman–Crippen LogP) is 4.21. The Morgan fingerprint density at radius 1 is 1.40 bits per heavy atom. The molecule has 1 fully saturated rings. The second-order valence-electron chi connectivity index (χ2n) is 7.39. The first kappa shape index (κ1) is 18.1. The van der Waals surface area contributed by atoms with Crippen LogP contribution in [-0.4, -0.2) is 33.0 Å². The first-order valence-corrected chi connectivity index (χ1v) is 9.84. The standard InChI is InChI=1S/C20H26N2O2S/c1-20(2,24)10-9-15-6-5-7-16(14-15)19(23)22-12-4-3-8-17(22)18-21-11-13-25-18/h5-7,11,13-14,17,24H,3-4,8-10,12H2,1-2H3/t17-/m1/s1. The van der Waals surface area contributed by atoms with Crippen LogP contribution in [0.15, 0.2) is 35.8 Å². The van der Waals surface area contributed by atoms with Crippen molar-refractivity contribution in [2.45, 2.75) is 57.6 Å². The van der Waals surface area contributed by atoms with Gasteiger partial charge >= 0.3 is 0 Å². The first-order chi connectivity index (χ1) is 11.9. The number of rotatable bonds is 5. The Labute approximate surface area is 153 Å². The molecule has 1 saturated heterocycles. The third kappa shape index (κ3) is 4.67. The van der Waals surface area contributed by atoms with E-state index in [1.807, 2.05) is 54.6 Å². The highest BCUT2D eigenvalue weighted by atomic mass is 32.1. The number of benzene rings is 1. The summed E-state index contributed by atoms with van der Waals surface area (Å²) in [6, 6.07) is 7.93. The molecule has 1 N–H and O–H groups in total. The van der Waals surface area contributed by atoms with Gasteiger partial charge in [-0.15, -0.1) is 11.3 Å². The Morgan fingerprint density at radius 2 is 2.24 bits per heavy atom. The fourth-order valence-electron chi connectivity index (χ4n) is 3.31. The van der Waals surface area contributed by atoms with E-state index in [1.54, 1.807) is 11.3 Å². The molecule has 2 heterocycles. The average molecular weight is 359 g/mol. The molecule has 4 nitrogen and oxygen atoms in total. The van der Waals surface area contributed by atoms with Crippen LogP contribution >= 0.6 is 11.3 Å². The van der Waals surface area contributed by atoms with Gasteiger partial charge in [0.1, 0.15) is 5.01 Å². The molecule has 0 radical (unpaired) electrons. The fraction of sp³-hybridized carbons (Fsp3) is 0.500. The number of thiazole rings is 1. The molecule has 1 atom stereocenters. The Bertz CT molecular complexity index is 707. The van der Waals surface area contributed by atoms with Gasteiger partial charge in [-0.05, 0) is 63.6 Å². The number of aryl methyl sites for hydroxylation is 1. The van der Waals surface area contributed by atoms with Crippen LogP contribution in [-0.2, 0) is 6.42 Å². The molecule has 1 amide bonds. The Hall–Kier alpha value is -1.72. The number of carbonyl (C=O) groups is 1. The highest BCUT2D eigenvalue weighted by molar-refractivity contribution is 7.09. The molecule has 3 rings (SSSR count). The van der Waals surface area contributed by atoms with Crippen molar-refractivity contribution in [3.8, 4) is 0 Å². The van der Waals surface area contributed by atoms with Gasteiger partial charge in [-0.2, -0.15) is 0 Å². The topological polar surface area (TPSA) is 53.4 Å². The van der Waals surface area contributed by atoms with Crippen LogP contribution < -0.4 is 0 Å². The molecule has 25 heavy (non-hydrogen) atoms. The van der Waals surface area contributed by atoms with E-state index in [-0.39, 0.29) is 11.9 Å². The number of aliphatic hydroxyl groups is 1. The summed E-state index contributed by atoms with van der Waals surface area (Å²) >= 11 is 1.63. The van der Waals surface area contributed by atoms with Gasteiger partial charge in [0.25, 0.3) is 5.91 Å². The van der Waals surface area contributed by atoms with Gasteiger partial charge in [-0.1, -0.05) is 12.1 Å². The lowest BCUT2D eigenvalue weighted by molar-refractivity contribution is 0.0611. The summed E-state index contributed by atoms with van der Waals surface area (Å²) in [4.78, 5) is 19.5. The van der Waals surface area contributed by atoms with Crippen LogP contribution in [0.2, 0.25) is 0 Å². The fourth-order valence-corrected chi connectivity index (χ4v) is 4.09. The Kier molecular flexibility index (Phi) is 5.54. The highest BCUT2D eigenvalue weighted by Gasteiger charge is 2.30. The third-order valence-electron chi connectivity index (χ3n) is 4.70. The monoisotopic (exact) mass is 358 g/mol. The van der Waals surface area contributed by atoms with Gasteiger partial charge in [0.2, 0.25) is 0 Å². The molecule has 0 spiro atoms. The molecule has 2 aromatic rings. The SMILES string of the molecule is CC(C)(O)CCc1cccc(C(=O)N2CCCC[C@@H]2c2nccs2)c1. The van der Waals surface area contributed by atoms with Crippen LogP contribution in [0.4, 0.5) is 0 Å². The maximum absolute atomic E-state index is 13.1. The minimum Gasteiger partial charge on any atom is -0.390 e. The number of aromatic nitrogens is 1. The van der Waals surface area contributed by atoms with Crippen LogP contribution in [0.5, 0.6) is 0 Å². The summed E-state index contributed by atoms with van der Waals surface area (Å²) in [5.41, 5.74) is 1.13. The van der Waals surface area contributed by atoms with Gasteiger partial charge in [-0.25, -0.2) is 4.98 Å². The van der Waals surface area contributed by atoms with Gasteiger partial charge < -0.3 is 10.0 Å². The van der Waals surface area contributed by atoms with Gasteiger partial charge in [0, 0.05) is 23.7 Å². The number of piperidine rings is 1. The molecule has 0 saturated carbocycles. The summed E-state index contributed by atoms with van der Waals surface area (Å²) < 4.78 is 0. The van der Waals surface area contributed by atoms with Crippen molar-refractivity contribution < 1.29 is 9.90 Å². The van der Waals surface area contributed by atoms with E-state index in [1.165, 1.54) is 0 Å². The zero-order valence-corrected chi connectivity index (χ0v) is 15.8. The van der Waals surface area contributed by atoms with E-state index in [2.05, 4.69) is 4.98 Å². The van der Waals surface area contributed by atoms with Crippen molar-refractivity contribution in [3.63, 3.8) is 0 Å². The van der Waals surface area contributed by atoms with E-state index in [0.29, 0.717) is 6.42 Å². The second-order valence-corrected chi connectivity index (χ2v) is 8.32. The van der Waals surface area contributed by atoms with Crippen molar-refractivity contribution in [1.82, 2.24) is 9.88 Å². The van der Waals surface area contributed by atoms with Crippen molar-refractivity contribution >= 4 is 17.2 Å². The number of likely N-dealkylation sites (tertiary alicyclic amines) is 1. The van der Waals surface area contributed by atoms with Gasteiger partial charge in [-0.3, -0.25) is 4.79 Å². The van der Waals surface area contributed by atoms with Gasteiger partial charge in [0.05, 0.1) is 11.6 Å². The molecule has 1 aliphatic rings. The Morgan fingerprint density at radius 3 is 2.96 bits per heavy atom. The number of nitrogens with zero attached hydrogens (tertiary/aromatic N) is 2. The maximum atomic E-state index is 13.1. The molecular weight excluding hydrogens is 332 g/mol. The number of amides is 1. The van der Waals surface area contributed by atoms with E-state index in [4.69, 9.17) is 0 Å². The molecule has 1 aromatic heterocycles. The van der Waals surface area contributed by atoms with Crippen molar-refractivity contribution in [3.05, 3.63) is 52.0 Å². The lowest BCUT2D eigenvalue weighted by Crippen LogP contribution is -2.38. The summed E-state index contributed by atoms with van der Waals surface area (Å²) in [7, 11) is 0. The quantitative estimate of drug-likeness (QED) is 0.871. The predicted molar refractivity (Wildman–Crippen MR) is 101 cm³/mol. The zero-order valence-electron chi connectivity index (χ0n) is 14.9. The molecule has 1 aromatic carbocycles. The van der Waals surface area contributed by atoms with E-state index >= 15 is 0 Å². The van der Waals surface area contributed by atoms with Crippen LogP contribution in [0.25, 0.3) is 0 Å². The molecule has 134 valence electrons. The van der Waals surface area contributed by atoms with Crippen LogP contribution in [0.3, 0.4) is 0 Å². The molecule has 0 aliphatic carbocycles. The van der Waals surface area contributed by atoms with E-state index < -0.39 is 5.60 Å². The van der Waals surface area contributed by atoms with Crippen molar-refractivity contribution in [1.29, 1.82) is 0 Å². The highest BCUT2D eigenvalue weighted by Crippen LogP contribution is 2.33. The van der Waals surface area contributed by atoms with E-state index in [9.17, 15) is 9.90 Å². The van der Waals surface area contributed by atoms with Crippen LogP contribution in [0, 0.1) is 0 Å².